The lowest BCUT2D eigenvalue weighted by Gasteiger charge is -2.12. The Labute approximate surface area is 148 Å². The van der Waals surface area contributed by atoms with Gasteiger partial charge in [0, 0.05) is 12.6 Å². The Morgan fingerprint density at radius 3 is 2.16 bits per heavy atom. The number of ether oxygens (including phenoxy) is 1. The highest BCUT2D eigenvalue weighted by atomic mass is 16.5. The van der Waals surface area contributed by atoms with Crippen LogP contribution >= 0.6 is 0 Å². The van der Waals surface area contributed by atoms with Crippen LogP contribution in [0.15, 0.2) is 54.6 Å². The van der Waals surface area contributed by atoms with E-state index in [2.05, 4.69) is 5.32 Å². The van der Waals surface area contributed by atoms with Gasteiger partial charge < -0.3 is 10.1 Å². The zero-order valence-corrected chi connectivity index (χ0v) is 14.8. The third-order valence-corrected chi connectivity index (χ3v) is 3.74. The molecule has 2 rings (SSSR count). The molecular weight excluding hydrogens is 314 g/mol. The summed E-state index contributed by atoms with van der Waals surface area (Å²) in [6.45, 7) is 5.97. The lowest BCUT2D eigenvalue weighted by molar-refractivity contribution is -0.150. The number of hydrogen-bond acceptors (Lipinski definition) is 3. The number of hydrogen-bond donors (Lipinski definition) is 1. The molecule has 0 radical (unpaired) electrons. The number of carbonyl (C=O) groups is 2. The molecule has 0 saturated heterocycles. The summed E-state index contributed by atoms with van der Waals surface area (Å²) in [5.41, 5.74) is 4.21. The van der Waals surface area contributed by atoms with Crippen LogP contribution in [0.25, 0.3) is 6.08 Å². The molecule has 1 atom stereocenters. The summed E-state index contributed by atoms with van der Waals surface area (Å²) in [7, 11) is 0. The number of benzene rings is 2. The van der Waals surface area contributed by atoms with Gasteiger partial charge in [-0.2, -0.15) is 0 Å². The first kappa shape index (κ1) is 18.5. The number of aryl methyl sites for hydroxylation is 2. The highest BCUT2D eigenvalue weighted by Gasteiger charge is 2.15. The number of esters is 1. The first-order chi connectivity index (χ1) is 11.9. The van der Waals surface area contributed by atoms with Crippen molar-refractivity contribution in [1.82, 2.24) is 5.32 Å². The Kier molecular flexibility index (Phi) is 6.52. The molecule has 0 aliphatic heterocycles. The van der Waals surface area contributed by atoms with Crippen LogP contribution in [0.1, 0.15) is 29.2 Å². The van der Waals surface area contributed by atoms with E-state index in [9.17, 15) is 9.59 Å². The number of carbonyl (C=O) groups excluding carboxylic acids is 2. The van der Waals surface area contributed by atoms with Gasteiger partial charge in [0.15, 0.2) is 6.10 Å². The van der Waals surface area contributed by atoms with Crippen molar-refractivity contribution in [2.24, 2.45) is 0 Å². The van der Waals surface area contributed by atoms with Gasteiger partial charge in [0.1, 0.15) is 0 Å². The minimum absolute atomic E-state index is 0.322. The van der Waals surface area contributed by atoms with Gasteiger partial charge in [0.2, 0.25) is 0 Å². The van der Waals surface area contributed by atoms with Gasteiger partial charge >= 0.3 is 5.97 Å². The molecule has 2 aromatic rings. The van der Waals surface area contributed by atoms with Gasteiger partial charge in [0.25, 0.3) is 5.91 Å². The second kappa shape index (κ2) is 8.83. The van der Waals surface area contributed by atoms with E-state index in [0.29, 0.717) is 6.54 Å². The molecule has 2 aromatic carbocycles. The lowest BCUT2D eigenvalue weighted by atomic mass is 10.1. The summed E-state index contributed by atoms with van der Waals surface area (Å²) in [6, 6.07) is 15.6. The standard InChI is InChI=1S/C21H23NO3/c1-15-4-8-18(9-5-15)12-13-20(23)25-17(3)21(24)22-14-19-10-6-16(2)7-11-19/h4-13,17H,14H2,1-3H3,(H,22,24)/b13-12+/t17-/m0/s1. The smallest absolute Gasteiger partial charge is 0.331 e. The van der Waals surface area contributed by atoms with E-state index < -0.39 is 12.1 Å². The van der Waals surface area contributed by atoms with Crippen LogP contribution in [0.3, 0.4) is 0 Å². The number of amides is 1. The number of rotatable bonds is 6. The van der Waals surface area contributed by atoms with E-state index in [1.54, 1.807) is 13.0 Å². The minimum atomic E-state index is -0.847. The quantitative estimate of drug-likeness (QED) is 0.648. The third kappa shape index (κ3) is 6.26. The van der Waals surface area contributed by atoms with Gasteiger partial charge in [-0.3, -0.25) is 4.79 Å². The summed E-state index contributed by atoms with van der Waals surface area (Å²) < 4.78 is 5.13. The van der Waals surface area contributed by atoms with Crippen molar-refractivity contribution in [3.63, 3.8) is 0 Å². The van der Waals surface area contributed by atoms with Crippen molar-refractivity contribution in [2.45, 2.75) is 33.4 Å². The average molecular weight is 337 g/mol. The van der Waals surface area contributed by atoms with E-state index in [1.165, 1.54) is 6.08 Å². The summed E-state index contributed by atoms with van der Waals surface area (Å²) in [4.78, 5) is 23.8. The topological polar surface area (TPSA) is 55.4 Å². The molecule has 0 spiro atoms. The van der Waals surface area contributed by atoms with Gasteiger partial charge in [0.05, 0.1) is 0 Å². The molecule has 1 N–H and O–H groups in total. The maximum Gasteiger partial charge on any atom is 0.331 e. The van der Waals surface area contributed by atoms with Crippen LogP contribution < -0.4 is 5.32 Å². The third-order valence-electron chi connectivity index (χ3n) is 3.74. The van der Waals surface area contributed by atoms with E-state index >= 15 is 0 Å². The zero-order chi connectivity index (χ0) is 18.2. The normalized spacial score (nSPS) is 12.0. The Balaban J connectivity index is 1.80. The van der Waals surface area contributed by atoms with Crippen LogP contribution in [0.2, 0.25) is 0 Å². The summed E-state index contributed by atoms with van der Waals surface area (Å²) in [6.07, 6.45) is 2.15. The summed E-state index contributed by atoms with van der Waals surface area (Å²) >= 11 is 0. The average Bonchev–Trinajstić information content (AvgIpc) is 2.60. The van der Waals surface area contributed by atoms with Gasteiger partial charge in [-0.1, -0.05) is 59.7 Å². The molecule has 0 aliphatic rings. The summed E-state index contributed by atoms with van der Waals surface area (Å²) in [5.74, 6) is -0.865. The van der Waals surface area contributed by atoms with Gasteiger partial charge in [-0.25, -0.2) is 4.79 Å². The summed E-state index contributed by atoms with van der Waals surface area (Å²) in [5, 5.41) is 2.76. The molecule has 0 fully saturated rings. The Morgan fingerprint density at radius 1 is 1.00 bits per heavy atom. The van der Waals surface area contributed by atoms with E-state index in [1.807, 2.05) is 62.4 Å². The maximum absolute atomic E-state index is 12.0. The highest BCUT2D eigenvalue weighted by molar-refractivity contribution is 5.90. The van der Waals surface area contributed by atoms with Crippen molar-refractivity contribution >= 4 is 18.0 Å². The molecule has 0 aliphatic carbocycles. The van der Waals surface area contributed by atoms with Gasteiger partial charge in [-0.05, 0) is 38.0 Å². The first-order valence-electron chi connectivity index (χ1n) is 8.22. The SMILES string of the molecule is Cc1ccc(/C=C/C(=O)O[C@@H](C)C(=O)NCc2ccc(C)cc2)cc1. The Hall–Kier alpha value is -2.88. The Morgan fingerprint density at radius 2 is 1.56 bits per heavy atom. The molecule has 25 heavy (non-hydrogen) atoms. The van der Waals surface area contributed by atoms with Gasteiger partial charge in [-0.15, -0.1) is 0 Å². The highest BCUT2D eigenvalue weighted by Crippen LogP contribution is 2.06. The monoisotopic (exact) mass is 337 g/mol. The zero-order valence-electron chi connectivity index (χ0n) is 14.8. The predicted molar refractivity (Wildman–Crippen MR) is 98.8 cm³/mol. The van der Waals surface area contributed by atoms with Crippen LogP contribution in [-0.4, -0.2) is 18.0 Å². The van der Waals surface area contributed by atoms with Crippen molar-refractivity contribution < 1.29 is 14.3 Å². The minimum Gasteiger partial charge on any atom is -0.449 e. The molecule has 4 heteroatoms. The fraction of sp³-hybridized carbons (Fsp3) is 0.238. The molecule has 0 bridgehead atoms. The number of nitrogens with one attached hydrogen (secondary N) is 1. The lowest BCUT2D eigenvalue weighted by Crippen LogP contribution is -2.35. The van der Waals surface area contributed by atoms with Crippen molar-refractivity contribution in [1.29, 1.82) is 0 Å². The van der Waals surface area contributed by atoms with Crippen molar-refractivity contribution in [2.75, 3.05) is 0 Å². The predicted octanol–water partition coefficient (Wildman–Crippen LogP) is 3.56. The fourth-order valence-corrected chi connectivity index (χ4v) is 2.15. The molecule has 1 amide bonds. The van der Waals surface area contributed by atoms with Crippen molar-refractivity contribution in [3.8, 4) is 0 Å². The van der Waals surface area contributed by atoms with Crippen LogP contribution in [0.4, 0.5) is 0 Å². The van der Waals surface area contributed by atoms with E-state index in [0.717, 1.165) is 22.3 Å². The second-order valence-corrected chi connectivity index (χ2v) is 6.03. The molecule has 0 heterocycles. The molecular formula is C21H23NO3. The maximum atomic E-state index is 12.0. The largest absolute Gasteiger partial charge is 0.449 e. The molecule has 0 saturated carbocycles. The molecule has 0 unspecified atom stereocenters. The van der Waals surface area contributed by atoms with Crippen LogP contribution in [0.5, 0.6) is 0 Å². The second-order valence-electron chi connectivity index (χ2n) is 6.03. The first-order valence-corrected chi connectivity index (χ1v) is 8.22. The van der Waals surface area contributed by atoms with E-state index in [-0.39, 0.29) is 5.91 Å². The fourth-order valence-electron chi connectivity index (χ4n) is 2.15. The molecule has 130 valence electrons. The van der Waals surface area contributed by atoms with Crippen molar-refractivity contribution in [3.05, 3.63) is 76.9 Å². The molecule has 0 aromatic heterocycles. The van der Waals surface area contributed by atoms with E-state index in [4.69, 9.17) is 4.74 Å². The Bertz CT molecular complexity index is 746. The van der Waals surface area contributed by atoms with Crippen LogP contribution in [-0.2, 0) is 20.9 Å². The molecule has 4 nitrogen and oxygen atoms in total. The van der Waals surface area contributed by atoms with Crippen LogP contribution in [0, 0.1) is 13.8 Å².